The summed E-state index contributed by atoms with van der Waals surface area (Å²) in [7, 11) is 0. The first-order chi connectivity index (χ1) is 7.68. The van der Waals surface area contributed by atoms with Crippen LogP contribution in [0.3, 0.4) is 0 Å². The summed E-state index contributed by atoms with van der Waals surface area (Å²) in [5.41, 5.74) is -0.170. The molecule has 0 N–H and O–H groups in total. The molecule has 0 spiro atoms. The van der Waals surface area contributed by atoms with Crippen LogP contribution in [0.1, 0.15) is 10.4 Å². The van der Waals surface area contributed by atoms with E-state index in [-0.39, 0.29) is 12.2 Å². The highest BCUT2D eigenvalue weighted by atomic mass is 19.1. The van der Waals surface area contributed by atoms with Crippen molar-refractivity contribution in [3.8, 4) is 0 Å². The number of ketones is 1. The second kappa shape index (κ2) is 4.67. The van der Waals surface area contributed by atoms with E-state index in [1.165, 1.54) is 0 Å². The summed E-state index contributed by atoms with van der Waals surface area (Å²) >= 11 is 0. The van der Waals surface area contributed by atoms with Crippen molar-refractivity contribution in [1.82, 2.24) is 0 Å². The number of carbonyl (C=O) groups is 1. The minimum absolute atomic E-state index is 0.107. The molecule has 86 valence electrons. The number of carbonyl (C=O) groups excluding carboxylic acids is 1. The molecule has 0 aliphatic carbocycles. The van der Waals surface area contributed by atoms with Crippen LogP contribution in [0.4, 0.5) is 8.78 Å². The van der Waals surface area contributed by atoms with E-state index in [9.17, 15) is 13.6 Å². The zero-order valence-electron chi connectivity index (χ0n) is 8.41. The molecule has 0 radical (unpaired) electrons. The molecule has 5 heteroatoms. The van der Waals surface area contributed by atoms with Crippen LogP contribution in [0.2, 0.25) is 0 Å². The largest absolute Gasteiger partial charge is 0.376 e. The molecule has 16 heavy (non-hydrogen) atoms. The van der Waals surface area contributed by atoms with Crippen LogP contribution < -0.4 is 0 Å². The summed E-state index contributed by atoms with van der Waals surface area (Å²) in [4.78, 5) is 11.8. The number of hydrogen-bond donors (Lipinski definition) is 0. The topological polar surface area (TPSA) is 35.5 Å². The Hall–Kier alpha value is -1.33. The summed E-state index contributed by atoms with van der Waals surface area (Å²) in [6.45, 7) is 0.838. The lowest BCUT2D eigenvalue weighted by molar-refractivity contribution is -0.0720. The molecule has 1 aliphatic rings. The van der Waals surface area contributed by atoms with Crippen molar-refractivity contribution in [3.05, 3.63) is 35.4 Å². The maximum atomic E-state index is 13.3. The van der Waals surface area contributed by atoms with Gasteiger partial charge < -0.3 is 9.47 Å². The summed E-state index contributed by atoms with van der Waals surface area (Å²) in [5.74, 6) is -2.11. The number of halogens is 2. The van der Waals surface area contributed by atoms with Gasteiger partial charge in [0.1, 0.15) is 17.7 Å². The van der Waals surface area contributed by atoms with Crippen LogP contribution in [0.25, 0.3) is 0 Å². The van der Waals surface area contributed by atoms with Crippen LogP contribution >= 0.6 is 0 Å². The normalized spacial score (nSPS) is 20.8. The van der Waals surface area contributed by atoms with Crippen molar-refractivity contribution in [3.63, 3.8) is 0 Å². The SMILES string of the molecule is O=C(c1ccc(F)cc1F)C1COCCO1. The van der Waals surface area contributed by atoms with E-state index in [0.717, 1.165) is 12.1 Å². The van der Waals surface area contributed by atoms with Gasteiger partial charge >= 0.3 is 0 Å². The molecule has 1 aromatic rings. The molecule has 2 rings (SSSR count). The first-order valence-corrected chi connectivity index (χ1v) is 4.87. The van der Waals surface area contributed by atoms with Crippen molar-refractivity contribution < 1.29 is 23.0 Å². The zero-order chi connectivity index (χ0) is 11.5. The molecule has 0 amide bonds. The molecule has 0 bridgehead atoms. The lowest BCUT2D eigenvalue weighted by atomic mass is 10.1. The lowest BCUT2D eigenvalue weighted by Crippen LogP contribution is -2.35. The number of Topliss-reactive ketones (excluding diaryl/α,β-unsaturated/α-hetero) is 1. The van der Waals surface area contributed by atoms with Crippen molar-refractivity contribution >= 4 is 5.78 Å². The highest BCUT2D eigenvalue weighted by molar-refractivity contribution is 5.99. The average molecular weight is 228 g/mol. The number of benzene rings is 1. The van der Waals surface area contributed by atoms with Gasteiger partial charge in [0.05, 0.1) is 25.4 Å². The standard InChI is InChI=1S/C11H10F2O3/c12-7-1-2-8(9(13)5-7)11(14)10-6-15-3-4-16-10/h1-2,5,10H,3-4,6H2. The Bertz CT molecular complexity index is 400. The molecule has 0 saturated carbocycles. The fraction of sp³-hybridized carbons (Fsp3) is 0.364. The van der Waals surface area contributed by atoms with Crippen molar-refractivity contribution in [2.24, 2.45) is 0 Å². The smallest absolute Gasteiger partial charge is 0.196 e. The molecule has 1 fully saturated rings. The van der Waals surface area contributed by atoms with E-state index in [0.29, 0.717) is 19.3 Å². The molecular weight excluding hydrogens is 218 g/mol. The van der Waals surface area contributed by atoms with E-state index >= 15 is 0 Å². The fourth-order valence-electron chi connectivity index (χ4n) is 1.50. The molecule has 3 nitrogen and oxygen atoms in total. The molecule has 1 atom stereocenters. The average Bonchev–Trinajstić information content (AvgIpc) is 2.29. The Labute approximate surface area is 91.0 Å². The lowest BCUT2D eigenvalue weighted by Gasteiger charge is -2.21. The second-order valence-electron chi connectivity index (χ2n) is 3.42. The molecule has 1 unspecified atom stereocenters. The quantitative estimate of drug-likeness (QED) is 0.720. The van der Waals surface area contributed by atoms with Crippen LogP contribution in [-0.4, -0.2) is 31.7 Å². The molecule has 1 aliphatic heterocycles. The van der Waals surface area contributed by atoms with Crippen LogP contribution in [-0.2, 0) is 9.47 Å². The summed E-state index contributed by atoms with van der Waals surface area (Å²) < 4.78 is 36.1. The minimum atomic E-state index is -0.876. The highest BCUT2D eigenvalue weighted by Gasteiger charge is 2.26. The van der Waals surface area contributed by atoms with E-state index in [1.807, 2.05) is 0 Å². The van der Waals surface area contributed by atoms with Gasteiger partial charge in [0.15, 0.2) is 5.78 Å². The summed E-state index contributed by atoms with van der Waals surface area (Å²) in [5, 5.41) is 0. The summed E-state index contributed by atoms with van der Waals surface area (Å²) in [6, 6.07) is 2.84. The Morgan fingerprint density at radius 2 is 2.12 bits per heavy atom. The van der Waals surface area contributed by atoms with Gasteiger partial charge in [0.25, 0.3) is 0 Å². The first-order valence-electron chi connectivity index (χ1n) is 4.87. The Morgan fingerprint density at radius 1 is 1.31 bits per heavy atom. The second-order valence-corrected chi connectivity index (χ2v) is 3.42. The Kier molecular flexibility index (Phi) is 3.26. The first kappa shape index (κ1) is 11.2. The van der Waals surface area contributed by atoms with Crippen molar-refractivity contribution in [2.45, 2.75) is 6.10 Å². The van der Waals surface area contributed by atoms with Gasteiger partial charge in [-0.1, -0.05) is 0 Å². The van der Waals surface area contributed by atoms with E-state index in [1.54, 1.807) is 0 Å². The van der Waals surface area contributed by atoms with Crippen LogP contribution in [0.15, 0.2) is 18.2 Å². The molecule has 1 aromatic carbocycles. The zero-order valence-corrected chi connectivity index (χ0v) is 8.41. The number of ether oxygens (including phenoxy) is 2. The number of rotatable bonds is 2. The predicted octanol–water partition coefficient (Wildman–Crippen LogP) is 1.56. The highest BCUT2D eigenvalue weighted by Crippen LogP contribution is 2.14. The van der Waals surface area contributed by atoms with Gasteiger partial charge in [-0.2, -0.15) is 0 Å². The third-order valence-electron chi connectivity index (χ3n) is 2.30. The van der Waals surface area contributed by atoms with Crippen LogP contribution in [0.5, 0.6) is 0 Å². The van der Waals surface area contributed by atoms with Crippen LogP contribution in [0, 0.1) is 11.6 Å². The Balaban J connectivity index is 2.19. The van der Waals surface area contributed by atoms with E-state index in [4.69, 9.17) is 9.47 Å². The maximum absolute atomic E-state index is 13.3. The van der Waals surface area contributed by atoms with Crippen molar-refractivity contribution in [2.75, 3.05) is 19.8 Å². The van der Waals surface area contributed by atoms with Gasteiger partial charge in [-0.25, -0.2) is 8.78 Å². The molecular formula is C11H10F2O3. The van der Waals surface area contributed by atoms with Gasteiger partial charge in [-0.05, 0) is 12.1 Å². The fourth-order valence-corrected chi connectivity index (χ4v) is 1.50. The molecule has 0 aromatic heterocycles. The monoisotopic (exact) mass is 228 g/mol. The predicted molar refractivity (Wildman–Crippen MR) is 51.2 cm³/mol. The number of hydrogen-bond acceptors (Lipinski definition) is 3. The minimum Gasteiger partial charge on any atom is -0.376 e. The van der Waals surface area contributed by atoms with Crippen molar-refractivity contribution in [1.29, 1.82) is 0 Å². The Morgan fingerprint density at radius 3 is 2.75 bits per heavy atom. The third-order valence-corrected chi connectivity index (χ3v) is 2.30. The molecule has 1 saturated heterocycles. The van der Waals surface area contributed by atoms with Gasteiger partial charge in [0.2, 0.25) is 0 Å². The maximum Gasteiger partial charge on any atom is 0.196 e. The molecule has 1 heterocycles. The van der Waals surface area contributed by atoms with Gasteiger partial charge in [0, 0.05) is 6.07 Å². The van der Waals surface area contributed by atoms with Gasteiger partial charge in [-0.3, -0.25) is 4.79 Å². The van der Waals surface area contributed by atoms with E-state index < -0.39 is 23.5 Å². The van der Waals surface area contributed by atoms with E-state index in [2.05, 4.69) is 0 Å². The third kappa shape index (κ3) is 2.25. The summed E-state index contributed by atoms with van der Waals surface area (Å²) in [6.07, 6.45) is -0.797. The van der Waals surface area contributed by atoms with Gasteiger partial charge in [-0.15, -0.1) is 0 Å².